The Balaban J connectivity index is 1.55. The summed E-state index contributed by atoms with van der Waals surface area (Å²) in [6, 6.07) is 4.89. The maximum absolute atomic E-state index is 14.3. The molecule has 1 saturated heterocycles. The quantitative estimate of drug-likeness (QED) is 0.653. The number of ether oxygens (including phenoxy) is 1. The fraction of sp³-hybridized carbons (Fsp3) is 0.444. The van der Waals surface area contributed by atoms with Gasteiger partial charge in [0.05, 0.1) is 12.8 Å². The van der Waals surface area contributed by atoms with Crippen molar-refractivity contribution in [2.45, 2.75) is 26.2 Å². The van der Waals surface area contributed by atoms with E-state index in [0.717, 1.165) is 61.8 Å². The number of halogens is 1. The summed E-state index contributed by atoms with van der Waals surface area (Å²) < 4.78 is 19.4. The minimum absolute atomic E-state index is 0.0888. The largest absolute Gasteiger partial charge is 0.494 e. The highest BCUT2D eigenvalue weighted by Crippen LogP contribution is 2.33. The van der Waals surface area contributed by atoms with Crippen molar-refractivity contribution in [1.29, 1.82) is 0 Å². The molecular weight excluding hydrogens is 417 g/mol. The number of hydrogen-bond acceptors (Lipinski definition) is 4. The number of benzene rings is 1. The third kappa shape index (κ3) is 5.22. The van der Waals surface area contributed by atoms with Gasteiger partial charge in [-0.15, -0.1) is 0 Å². The maximum atomic E-state index is 14.3. The predicted molar refractivity (Wildman–Crippen MR) is 130 cm³/mol. The van der Waals surface area contributed by atoms with E-state index in [-0.39, 0.29) is 17.6 Å². The fourth-order valence-electron chi connectivity index (χ4n) is 4.92. The third-order valence-corrected chi connectivity index (χ3v) is 6.78. The highest BCUT2D eigenvalue weighted by molar-refractivity contribution is 5.98. The van der Waals surface area contributed by atoms with Gasteiger partial charge in [-0.3, -0.25) is 9.69 Å². The molecule has 3 aliphatic rings. The van der Waals surface area contributed by atoms with Gasteiger partial charge in [-0.25, -0.2) is 4.39 Å². The lowest BCUT2D eigenvalue weighted by Crippen LogP contribution is -2.38. The molecule has 3 aliphatic heterocycles. The summed E-state index contributed by atoms with van der Waals surface area (Å²) in [4.78, 5) is 19.7. The Kier molecular flexibility index (Phi) is 7.03. The Hall–Kier alpha value is -2.86. The molecule has 3 heterocycles. The van der Waals surface area contributed by atoms with Gasteiger partial charge in [0.1, 0.15) is 0 Å². The second-order valence-electron chi connectivity index (χ2n) is 9.50. The zero-order valence-corrected chi connectivity index (χ0v) is 20.1. The number of allylic oxidation sites excluding steroid dienone is 4. The summed E-state index contributed by atoms with van der Waals surface area (Å²) in [5.74, 6) is 0.485. The van der Waals surface area contributed by atoms with Gasteiger partial charge in [0.2, 0.25) is 0 Å². The first kappa shape index (κ1) is 23.3. The van der Waals surface area contributed by atoms with Crippen molar-refractivity contribution in [3.8, 4) is 5.75 Å². The SMILES string of the molecule is COc1ccc(C2=CC(=O)N3C=C(N4CCC(CN(C)C)CC4)C=CC3=CCC2C)cc1F. The molecule has 0 spiro atoms. The van der Waals surface area contributed by atoms with Crippen LogP contribution >= 0.6 is 0 Å². The highest BCUT2D eigenvalue weighted by atomic mass is 19.1. The molecule has 0 N–H and O–H groups in total. The van der Waals surface area contributed by atoms with Crippen LogP contribution in [-0.4, -0.2) is 61.4 Å². The number of hydrogen-bond donors (Lipinski definition) is 0. The molecule has 176 valence electrons. The molecule has 0 radical (unpaired) electrons. The van der Waals surface area contributed by atoms with Crippen LogP contribution in [0.1, 0.15) is 31.7 Å². The summed E-state index contributed by atoms with van der Waals surface area (Å²) in [5.41, 5.74) is 3.52. The van der Waals surface area contributed by atoms with Gasteiger partial charge in [0, 0.05) is 37.6 Å². The molecule has 1 aromatic carbocycles. The van der Waals surface area contributed by atoms with Gasteiger partial charge < -0.3 is 14.5 Å². The Bertz CT molecular complexity index is 1020. The van der Waals surface area contributed by atoms with Crippen LogP contribution in [0.25, 0.3) is 5.57 Å². The van der Waals surface area contributed by atoms with Crippen LogP contribution in [0.5, 0.6) is 5.75 Å². The van der Waals surface area contributed by atoms with E-state index in [1.165, 1.54) is 13.2 Å². The molecule has 1 aromatic rings. The van der Waals surface area contributed by atoms with Gasteiger partial charge in [-0.2, -0.15) is 0 Å². The van der Waals surface area contributed by atoms with E-state index < -0.39 is 5.82 Å². The fourth-order valence-corrected chi connectivity index (χ4v) is 4.92. The summed E-state index contributed by atoms with van der Waals surface area (Å²) in [7, 11) is 5.70. The monoisotopic (exact) mass is 451 g/mol. The number of piperidine rings is 1. The number of methoxy groups -OCH3 is 1. The van der Waals surface area contributed by atoms with Gasteiger partial charge in [-0.1, -0.05) is 19.1 Å². The Labute approximate surface area is 196 Å². The van der Waals surface area contributed by atoms with Crippen LogP contribution < -0.4 is 4.74 Å². The van der Waals surface area contributed by atoms with E-state index in [9.17, 15) is 9.18 Å². The van der Waals surface area contributed by atoms with Crippen molar-refractivity contribution in [1.82, 2.24) is 14.7 Å². The molecule has 33 heavy (non-hydrogen) atoms. The molecular formula is C27H34FN3O2. The van der Waals surface area contributed by atoms with Crippen molar-refractivity contribution in [2.75, 3.05) is 40.8 Å². The highest BCUT2D eigenvalue weighted by Gasteiger charge is 2.26. The number of fused-ring (bicyclic) bond motifs is 1. The number of nitrogens with zero attached hydrogens (tertiary/aromatic N) is 3. The Morgan fingerprint density at radius 1 is 1.15 bits per heavy atom. The standard InChI is InChI=1S/C27H34FN3O2/c1-19-5-7-22-8-9-23(30-13-11-20(12-14-30)17-29(2)3)18-31(22)27(32)16-24(19)21-6-10-26(33-4)25(28)15-21/h6-10,15-16,18-20H,5,11-14,17H2,1-4H3. The lowest BCUT2D eigenvalue weighted by atomic mass is 9.89. The molecule has 1 unspecified atom stereocenters. The van der Waals surface area contributed by atoms with Crippen LogP contribution in [-0.2, 0) is 4.79 Å². The van der Waals surface area contributed by atoms with Crippen LogP contribution in [0.4, 0.5) is 4.39 Å². The van der Waals surface area contributed by atoms with Gasteiger partial charge in [-0.05, 0) is 80.6 Å². The van der Waals surface area contributed by atoms with E-state index in [1.807, 2.05) is 18.3 Å². The average Bonchev–Trinajstić information content (AvgIpc) is 2.80. The summed E-state index contributed by atoms with van der Waals surface area (Å²) in [6.45, 7) is 5.19. The minimum Gasteiger partial charge on any atom is -0.494 e. The lowest BCUT2D eigenvalue weighted by molar-refractivity contribution is -0.122. The molecule has 6 heteroatoms. The molecule has 1 fully saturated rings. The minimum atomic E-state index is -0.422. The maximum Gasteiger partial charge on any atom is 0.255 e. The van der Waals surface area contributed by atoms with Crippen molar-refractivity contribution in [3.05, 3.63) is 71.5 Å². The van der Waals surface area contributed by atoms with Gasteiger partial charge >= 0.3 is 0 Å². The van der Waals surface area contributed by atoms with Crippen molar-refractivity contribution in [3.63, 3.8) is 0 Å². The van der Waals surface area contributed by atoms with E-state index in [2.05, 4.69) is 43.0 Å². The number of amides is 1. The zero-order valence-electron chi connectivity index (χ0n) is 20.1. The Morgan fingerprint density at radius 3 is 2.55 bits per heavy atom. The summed E-state index contributed by atoms with van der Waals surface area (Å²) >= 11 is 0. The number of carbonyl (C=O) groups is 1. The molecule has 5 nitrogen and oxygen atoms in total. The Morgan fingerprint density at radius 2 is 1.88 bits per heavy atom. The topological polar surface area (TPSA) is 36.0 Å². The predicted octanol–water partition coefficient (Wildman–Crippen LogP) is 4.65. The number of carbonyl (C=O) groups excluding carboxylic acids is 1. The molecule has 0 saturated carbocycles. The average molecular weight is 452 g/mol. The van der Waals surface area contributed by atoms with Crippen molar-refractivity contribution in [2.24, 2.45) is 11.8 Å². The normalized spacial score (nSPS) is 21.8. The summed E-state index contributed by atoms with van der Waals surface area (Å²) in [6.07, 6.45) is 13.0. The van der Waals surface area contributed by atoms with E-state index >= 15 is 0 Å². The lowest BCUT2D eigenvalue weighted by Gasteiger charge is -2.37. The van der Waals surface area contributed by atoms with Crippen molar-refractivity contribution < 1.29 is 13.9 Å². The van der Waals surface area contributed by atoms with Crippen LogP contribution in [0.2, 0.25) is 0 Å². The zero-order chi connectivity index (χ0) is 23.5. The van der Waals surface area contributed by atoms with Crippen LogP contribution in [0.3, 0.4) is 0 Å². The van der Waals surface area contributed by atoms with Crippen LogP contribution in [0.15, 0.2) is 60.1 Å². The molecule has 4 rings (SSSR count). The van der Waals surface area contributed by atoms with Crippen molar-refractivity contribution >= 4 is 11.5 Å². The summed E-state index contributed by atoms with van der Waals surface area (Å²) in [5, 5.41) is 0. The first-order valence-corrected chi connectivity index (χ1v) is 11.7. The smallest absolute Gasteiger partial charge is 0.255 e. The first-order chi connectivity index (χ1) is 15.9. The molecule has 0 aromatic heterocycles. The second-order valence-corrected chi connectivity index (χ2v) is 9.50. The van der Waals surface area contributed by atoms with Gasteiger partial charge in [0.25, 0.3) is 5.91 Å². The van der Waals surface area contributed by atoms with E-state index in [1.54, 1.807) is 17.0 Å². The van der Waals surface area contributed by atoms with E-state index in [4.69, 9.17) is 4.74 Å². The second kappa shape index (κ2) is 9.96. The van der Waals surface area contributed by atoms with Crippen LogP contribution in [0, 0.1) is 17.7 Å². The molecule has 0 bridgehead atoms. The third-order valence-electron chi connectivity index (χ3n) is 6.78. The number of likely N-dealkylation sites (tertiary alicyclic amines) is 1. The first-order valence-electron chi connectivity index (χ1n) is 11.7. The molecule has 1 amide bonds. The van der Waals surface area contributed by atoms with Gasteiger partial charge in [0.15, 0.2) is 11.6 Å². The molecule has 1 atom stereocenters. The molecule has 0 aliphatic carbocycles. The van der Waals surface area contributed by atoms with E-state index in [0.29, 0.717) is 5.56 Å². The number of rotatable bonds is 5.